The van der Waals surface area contributed by atoms with E-state index in [1.165, 1.54) is 51.4 Å². The minimum Gasteiger partial charge on any atom is -0.415 e. The lowest BCUT2D eigenvalue weighted by Gasteiger charge is -2.62. The standard InChI is InChI=1S/C28H53NO3Si2/c1-20(29-30-4)28(32-34(8,9)10)18-15-25-23-12-11-21-19-22(31-33(5,6)7)13-16-26(21,2)24(23)14-17-27(25,28)3/h21-25H,11-19H2,1-10H3/t21-,22+,23+,24-,25-,26-,27-,28-/m0/s1. The fraction of sp³-hybridized carbons (Fsp3) is 0.964. The first-order chi connectivity index (χ1) is 15.7. The van der Waals surface area contributed by atoms with Gasteiger partial charge in [-0.05, 0) is 133 Å². The van der Waals surface area contributed by atoms with Crippen molar-refractivity contribution in [3.63, 3.8) is 0 Å². The summed E-state index contributed by atoms with van der Waals surface area (Å²) in [7, 11) is -1.56. The zero-order valence-electron chi connectivity index (χ0n) is 23.9. The van der Waals surface area contributed by atoms with E-state index in [1.54, 1.807) is 7.11 Å². The van der Waals surface area contributed by atoms with Gasteiger partial charge in [0.2, 0.25) is 0 Å². The molecule has 0 bridgehead atoms. The van der Waals surface area contributed by atoms with Crippen molar-refractivity contribution in [3.8, 4) is 0 Å². The second-order valence-corrected chi connectivity index (χ2v) is 23.6. The van der Waals surface area contributed by atoms with Gasteiger partial charge in [-0.2, -0.15) is 0 Å². The van der Waals surface area contributed by atoms with Gasteiger partial charge in [0.1, 0.15) is 12.7 Å². The monoisotopic (exact) mass is 507 g/mol. The molecule has 0 aromatic heterocycles. The molecule has 0 radical (unpaired) electrons. The van der Waals surface area contributed by atoms with Crippen LogP contribution in [0.1, 0.15) is 78.6 Å². The van der Waals surface area contributed by atoms with Crippen LogP contribution in [0.2, 0.25) is 39.3 Å². The molecular formula is C28H53NO3Si2. The van der Waals surface area contributed by atoms with Crippen LogP contribution in [0.4, 0.5) is 0 Å². The molecule has 0 spiro atoms. The van der Waals surface area contributed by atoms with E-state index in [0.29, 0.717) is 11.5 Å². The van der Waals surface area contributed by atoms with Gasteiger partial charge < -0.3 is 13.7 Å². The average molecular weight is 508 g/mol. The molecule has 4 fully saturated rings. The van der Waals surface area contributed by atoms with E-state index < -0.39 is 16.6 Å². The Bertz CT molecular complexity index is 790. The molecule has 4 aliphatic carbocycles. The maximum Gasteiger partial charge on any atom is 0.185 e. The van der Waals surface area contributed by atoms with E-state index in [1.807, 2.05) is 0 Å². The molecular weight excluding hydrogens is 454 g/mol. The first-order valence-corrected chi connectivity index (χ1v) is 20.9. The van der Waals surface area contributed by atoms with Gasteiger partial charge in [0, 0.05) is 11.5 Å². The van der Waals surface area contributed by atoms with Gasteiger partial charge >= 0.3 is 0 Å². The SMILES string of the molecule is CON=C(C)[C@@]1(O[Si](C)(C)C)CC[C@H]2[C@@H]3CC[C@H]4C[C@H](O[Si](C)(C)C)CC[C@]4(C)[C@H]3CC[C@@]21C. The smallest absolute Gasteiger partial charge is 0.185 e. The van der Waals surface area contributed by atoms with Gasteiger partial charge in [0.15, 0.2) is 16.6 Å². The van der Waals surface area contributed by atoms with Gasteiger partial charge in [-0.15, -0.1) is 0 Å². The van der Waals surface area contributed by atoms with Crippen molar-refractivity contribution in [1.29, 1.82) is 0 Å². The molecule has 0 unspecified atom stereocenters. The molecule has 196 valence electrons. The summed E-state index contributed by atoms with van der Waals surface area (Å²) in [5, 5.41) is 4.52. The number of hydrogen-bond donors (Lipinski definition) is 0. The summed E-state index contributed by atoms with van der Waals surface area (Å²) in [5.74, 6) is 3.27. The first-order valence-electron chi connectivity index (χ1n) is 14.1. The van der Waals surface area contributed by atoms with Crippen LogP contribution in [0.3, 0.4) is 0 Å². The van der Waals surface area contributed by atoms with Crippen LogP contribution in [-0.4, -0.2) is 41.2 Å². The molecule has 0 amide bonds. The van der Waals surface area contributed by atoms with Crippen molar-refractivity contribution in [2.45, 2.75) is 130 Å². The molecule has 0 aliphatic heterocycles. The molecule has 0 N–H and O–H groups in total. The second-order valence-electron chi connectivity index (χ2n) is 14.7. The summed E-state index contributed by atoms with van der Waals surface area (Å²) < 4.78 is 13.8. The van der Waals surface area contributed by atoms with E-state index in [0.717, 1.165) is 35.8 Å². The Hall–Kier alpha value is -0.176. The fourth-order valence-corrected chi connectivity index (χ4v) is 12.1. The summed E-state index contributed by atoms with van der Waals surface area (Å²) >= 11 is 0. The highest BCUT2D eigenvalue weighted by molar-refractivity contribution is 6.70. The van der Waals surface area contributed by atoms with E-state index in [9.17, 15) is 0 Å². The average Bonchev–Trinajstić information content (AvgIpc) is 2.99. The predicted octanol–water partition coefficient (Wildman–Crippen LogP) is 7.86. The molecule has 4 aliphatic rings. The van der Waals surface area contributed by atoms with Crippen molar-refractivity contribution in [2.75, 3.05) is 7.11 Å². The lowest BCUT2D eigenvalue weighted by Crippen LogP contribution is -2.61. The zero-order valence-corrected chi connectivity index (χ0v) is 25.9. The van der Waals surface area contributed by atoms with Gasteiger partial charge in [-0.1, -0.05) is 19.0 Å². The zero-order chi connectivity index (χ0) is 25.2. The van der Waals surface area contributed by atoms with Crippen molar-refractivity contribution in [3.05, 3.63) is 0 Å². The van der Waals surface area contributed by atoms with E-state index >= 15 is 0 Å². The molecule has 0 aromatic carbocycles. The Morgan fingerprint density at radius 3 is 2.12 bits per heavy atom. The first kappa shape index (κ1) is 26.9. The predicted molar refractivity (Wildman–Crippen MR) is 147 cm³/mol. The Morgan fingerprint density at radius 2 is 1.50 bits per heavy atom. The largest absolute Gasteiger partial charge is 0.415 e. The Labute approximate surface area is 212 Å². The van der Waals surface area contributed by atoms with Crippen LogP contribution < -0.4 is 0 Å². The van der Waals surface area contributed by atoms with Gasteiger partial charge in [0.05, 0.1) is 5.71 Å². The lowest BCUT2D eigenvalue weighted by molar-refractivity contribution is -0.139. The lowest BCUT2D eigenvalue weighted by atomic mass is 9.44. The van der Waals surface area contributed by atoms with E-state index in [-0.39, 0.29) is 11.0 Å². The molecule has 8 atom stereocenters. The third-order valence-electron chi connectivity index (χ3n) is 10.6. The van der Waals surface area contributed by atoms with Gasteiger partial charge in [-0.3, -0.25) is 0 Å². The maximum absolute atomic E-state index is 7.16. The Kier molecular flexibility index (Phi) is 7.10. The van der Waals surface area contributed by atoms with Gasteiger partial charge in [0.25, 0.3) is 0 Å². The van der Waals surface area contributed by atoms with Crippen molar-refractivity contribution in [2.24, 2.45) is 39.7 Å². The summed E-state index contributed by atoms with van der Waals surface area (Å²) in [6.45, 7) is 21.5. The molecule has 4 rings (SSSR count). The van der Waals surface area contributed by atoms with Crippen molar-refractivity contribution < 1.29 is 13.7 Å². The number of hydrogen-bond acceptors (Lipinski definition) is 4. The number of oxime groups is 1. The van der Waals surface area contributed by atoms with Crippen LogP contribution in [-0.2, 0) is 13.7 Å². The summed E-state index contributed by atoms with van der Waals surface area (Å²) in [6, 6.07) is 0. The van der Waals surface area contributed by atoms with Crippen molar-refractivity contribution in [1.82, 2.24) is 0 Å². The van der Waals surface area contributed by atoms with Crippen LogP contribution in [0.5, 0.6) is 0 Å². The summed E-state index contributed by atoms with van der Waals surface area (Å²) in [5.41, 5.74) is 1.46. The number of nitrogens with zero attached hydrogens (tertiary/aromatic N) is 1. The molecule has 34 heavy (non-hydrogen) atoms. The molecule has 6 heteroatoms. The Morgan fingerprint density at radius 1 is 0.824 bits per heavy atom. The molecule has 4 saturated carbocycles. The normalized spacial score (nSPS) is 45.4. The topological polar surface area (TPSA) is 40.0 Å². The minimum atomic E-state index is -1.77. The van der Waals surface area contributed by atoms with Crippen LogP contribution in [0, 0.1) is 34.5 Å². The van der Waals surface area contributed by atoms with E-state index in [4.69, 9.17) is 13.7 Å². The fourth-order valence-electron chi connectivity index (χ4n) is 9.39. The molecule has 4 nitrogen and oxygen atoms in total. The third-order valence-corrected chi connectivity index (χ3v) is 12.6. The van der Waals surface area contributed by atoms with Crippen LogP contribution in [0.15, 0.2) is 5.16 Å². The molecule has 0 saturated heterocycles. The van der Waals surface area contributed by atoms with Crippen molar-refractivity contribution >= 4 is 22.3 Å². The second kappa shape index (κ2) is 8.99. The number of rotatable bonds is 6. The highest BCUT2D eigenvalue weighted by Gasteiger charge is 2.67. The highest BCUT2D eigenvalue weighted by Crippen LogP contribution is 2.69. The third kappa shape index (κ3) is 4.52. The molecule has 0 aromatic rings. The van der Waals surface area contributed by atoms with Crippen LogP contribution >= 0.6 is 0 Å². The summed E-state index contributed by atoms with van der Waals surface area (Å²) in [4.78, 5) is 5.33. The van der Waals surface area contributed by atoms with Crippen LogP contribution in [0.25, 0.3) is 0 Å². The minimum absolute atomic E-state index is 0.155. The summed E-state index contributed by atoms with van der Waals surface area (Å²) in [6.07, 6.45) is 12.2. The molecule has 0 heterocycles. The van der Waals surface area contributed by atoms with E-state index in [2.05, 4.69) is 65.2 Å². The maximum atomic E-state index is 7.16. The van der Waals surface area contributed by atoms with Gasteiger partial charge in [-0.25, -0.2) is 0 Å². The number of fused-ring (bicyclic) bond motifs is 5. The quantitative estimate of drug-likeness (QED) is 0.209. The highest BCUT2D eigenvalue weighted by atomic mass is 28.4. The Balaban J connectivity index is 1.60.